The molecule has 2 fully saturated rings. The second-order valence-corrected chi connectivity index (χ2v) is 10.2. The Morgan fingerprint density at radius 2 is 1.81 bits per heavy atom. The summed E-state index contributed by atoms with van der Waals surface area (Å²) in [4.78, 5) is 32.4. The number of rotatable bonds is 2. The molecule has 2 aliphatic heterocycles. The molecule has 0 radical (unpaired) electrons. The van der Waals surface area contributed by atoms with E-state index in [9.17, 15) is 9.59 Å². The van der Waals surface area contributed by atoms with Crippen LogP contribution in [0.25, 0.3) is 11.0 Å². The lowest BCUT2D eigenvalue weighted by Gasteiger charge is -2.43. The smallest absolute Gasteiger partial charge is 0.410 e. The largest absolute Gasteiger partial charge is 0.444 e. The molecule has 1 N–H and O–H groups in total. The van der Waals surface area contributed by atoms with Gasteiger partial charge in [-0.3, -0.25) is 9.47 Å². The quantitative estimate of drug-likeness (QED) is 0.729. The summed E-state index contributed by atoms with van der Waals surface area (Å²) < 4.78 is 7.50. The zero-order chi connectivity index (χ0) is 23.7. The number of nitrogens with zero attached hydrogens (tertiary/aromatic N) is 3. The maximum atomic E-state index is 12.6. The number of aryl methyl sites for hydroxylation is 1. The van der Waals surface area contributed by atoms with Crippen LogP contribution in [0, 0.1) is 6.92 Å². The first-order valence-corrected chi connectivity index (χ1v) is 12.0. The lowest BCUT2D eigenvalue weighted by atomic mass is 9.93. The van der Waals surface area contributed by atoms with Crippen LogP contribution in [0.3, 0.4) is 0 Å². The fourth-order valence-corrected chi connectivity index (χ4v) is 4.96. The van der Waals surface area contributed by atoms with Crippen LogP contribution in [0.1, 0.15) is 72.4 Å². The summed E-state index contributed by atoms with van der Waals surface area (Å²) in [5.74, 6) is 0. The summed E-state index contributed by atoms with van der Waals surface area (Å²) >= 11 is 0. The highest BCUT2D eigenvalue weighted by molar-refractivity contribution is 5.76. The standard InChI is InChI=1S/C23H34N4O3.C2H6/c1-16-6-7-19-18(14-16)24-20(28)27(19)17-8-11-26(12-9-17)23(5)10-13-25(15-23)21(29)30-22(2,3)4;1-2/h6-7,14,17H,8-13,15H2,1-5H3,(H,24,28);1-2H3. The molecule has 1 aromatic heterocycles. The lowest BCUT2D eigenvalue weighted by Crippen LogP contribution is -2.52. The van der Waals surface area contributed by atoms with Crippen LogP contribution in [-0.2, 0) is 4.74 Å². The fourth-order valence-electron chi connectivity index (χ4n) is 4.96. The monoisotopic (exact) mass is 444 g/mol. The molecule has 0 saturated carbocycles. The van der Waals surface area contributed by atoms with Crippen molar-refractivity contribution in [3.63, 3.8) is 0 Å². The van der Waals surface area contributed by atoms with Gasteiger partial charge in [-0.05, 0) is 71.6 Å². The molecule has 7 nitrogen and oxygen atoms in total. The number of imidazole rings is 1. The van der Waals surface area contributed by atoms with Crippen molar-refractivity contribution in [1.82, 2.24) is 19.4 Å². The highest BCUT2D eigenvalue weighted by Crippen LogP contribution is 2.34. The highest BCUT2D eigenvalue weighted by atomic mass is 16.6. The van der Waals surface area contributed by atoms with E-state index in [0.717, 1.165) is 55.5 Å². The van der Waals surface area contributed by atoms with Crippen LogP contribution < -0.4 is 5.69 Å². The second-order valence-electron chi connectivity index (χ2n) is 10.2. The van der Waals surface area contributed by atoms with Gasteiger partial charge in [0, 0.05) is 37.8 Å². The normalized spacial score (nSPS) is 22.7. The van der Waals surface area contributed by atoms with Crippen LogP contribution in [0.5, 0.6) is 0 Å². The summed E-state index contributed by atoms with van der Waals surface area (Å²) in [7, 11) is 0. The predicted molar refractivity (Wildman–Crippen MR) is 129 cm³/mol. The number of piperidine rings is 1. The molecule has 1 amide bonds. The Labute approximate surface area is 191 Å². The summed E-state index contributed by atoms with van der Waals surface area (Å²) in [6.45, 7) is 17.3. The Morgan fingerprint density at radius 1 is 1.16 bits per heavy atom. The molecule has 2 aromatic rings. The van der Waals surface area contributed by atoms with E-state index in [2.05, 4.69) is 22.9 Å². The van der Waals surface area contributed by atoms with Crippen LogP contribution >= 0.6 is 0 Å². The number of H-pyrrole nitrogens is 1. The number of carbonyl (C=O) groups is 1. The summed E-state index contributed by atoms with van der Waals surface area (Å²) in [5, 5.41) is 0. The minimum absolute atomic E-state index is 0.0165. The van der Waals surface area contributed by atoms with Gasteiger partial charge in [0.2, 0.25) is 0 Å². The van der Waals surface area contributed by atoms with Crippen molar-refractivity contribution < 1.29 is 9.53 Å². The molecule has 2 saturated heterocycles. The zero-order valence-electron chi connectivity index (χ0n) is 20.8. The van der Waals surface area contributed by atoms with Gasteiger partial charge in [0.25, 0.3) is 0 Å². The van der Waals surface area contributed by atoms with Crippen LogP contribution in [-0.4, -0.2) is 62.8 Å². The summed E-state index contributed by atoms with van der Waals surface area (Å²) in [5.41, 5.74) is 2.53. The molecule has 1 atom stereocenters. The maximum absolute atomic E-state index is 12.6. The van der Waals surface area contributed by atoms with Gasteiger partial charge in [-0.15, -0.1) is 0 Å². The summed E-state index contributed by atoms with van der Waals surface area (Å²) in [6.07, 6.45) is 2.59. The Balaban J connectivity index is 0.00000141. The van der Waals surface area contributed by atoms with Crippen molar-refractivity contribution in [2.24, 2.45) is 0 Å². The number of nitrogens with one attached hydrogen (secondary N) is 1. The third kappa shape index (κ3) is 5.03. The Bertz CT molecular complexity index is 995. The molecule has 4 rings (SSSR count). The molecule has 0 aliphatic carbocycles. The number of hydrogen-bond donors (Lipinski definition) is 1. The highest BCUT2D eigenvalue weighted by Gasteiger charge is 2.43. The number of ether oxygens (including phenoxy) is 1. The number of hydrogen-bond acceptors (Lipinski definition) is 4. The summed E-state index contributed by atoms with van der Waals surface area (Å²) in [6, 6.07) is 6.35. The van der Waals surface area contributed by atoms with Crippen molar-refractivity contribution >= 4 is 17.1 Å². The number of benzene rings is 1. The van der Waals surface area contributed by atoms with Crippen molar-refractivity contribution in [1.29, 1.82) is 0 Å². The first-order valence-electron chi connectivity index (χ1n) is 12.0. The Hall–Kier alpha value is -2.28. The van der Waals surface area contributed by atoms with Crippen LogP contribution in [0.2, 0.25) is 0 Å². The van der Waals surface area contributed by atoms with Crippen molar-refractivity contribution in [3.05, 3.63) is 34.2 Å². The maximum Gasteiger partial charge on any atom is 0.410 e. The molecule has 3 heterocycles. The minimum atomic E-state index is -0.473. The zero-order valence-corrected chi connectivity index (χ0v) is 20.8. The second kappa shape index (κ2) is 9.30. The molecule has 7 heteroatoms. The molecule has 1 unspecified atom stereocenters. The molecule has 1 aromatic carbocycles. The molecule has 32 heavy (non-hydrogen) atoms. The Kier molecular flexibility index (Phi) is 7.08. The van der Waals surface area contributed by atoms with E-state index in [1.165, 1.54) is 0 Å². The number of likely N-dealkylation sites (tertiary alicyclic amines) is 2. The van der Waals surface area contributed by atoms with Gasteiger partial charge in [0.15, 0.2) is 0 Å². The van der Waals surface area contributed by atoms with Gasteiger partial charge in [-0.2, -0.15) is 0 Å². The third-order valence-electron chi connectivity index (χ3n) is 6.57. The van der Waals surface area contributed by atoms with E-state index in [1.54, 1.807) is 0 Å². The van der Waals surface area contributed by atoms with Crippen molar-refractivity contribution in [2.75, 3.05) is 26.2 Å². The number of amides is 1. The van der Waals surface area contributed by atoms with Gasteiger partial charge < -0.3 is 14.6 Å². The van der Waals surface area contributed by atoms with E-state index >= 15 is 0 Å². The average molecular weight is 445 g/mol. The van der Waals surface area contributed by atoms with Gasteiger partial charge in [-0.25, -0.2) is 9.59 Å². The number of fused-ring (bicyclic) bond motifs is 1. The predicted octanol–water partition coefficient (Wildman–Crippen LogP) is 4.70. The van der Waals surface area contributed by atoms with E-state index in [-0.39, 0.29) is 23.4 Å². The van der Waals surface area contributed by atoms with E-state index < -0.39 is 5.60 Å². The van der Waals surface area contributed by atoms with Gasteiger partial charge >= 0.3 is 11.8 Å². The van der Waals surface area contributed by atoms with E-state index in [0.29, 0.717) is 6.54 Å². The first-order chi connectivity index (χ1) is 15.1. The fraction of sp³-hybridized carbons (Fsp3) is 0.680. The van der Waals surface area contributed by atoms with Gasteiger partial charge in [-0.1, -0.05) is 19.9 Å². The Morgan fingerprint density at radius 3 is 2.44 bits per heavy atom. The molecule has 178 valence electrons. The lowest BCUT2D eigenvalue weighted by molar-refractivity contribution is 0.0221. The number of aromatic amines is 1. The minimum Gasteiger partial charge on any atom is -0.444 e. The number of aromatic nitrogens is 2. The molecule has 2 aliphatic rings. The first kappa shape index (κ1) is 24.4. The third-order valence-corrected chi connectivity index (χ3v) is 6.57. The number of carbonyl (C=O) groups excluding carboxylic acids is 1. The van der Waals surface area contributed by atoms with Crippen LogP contribution in [0.4, 0.5) is 4.79 Å². The van der Waals surface area contributed by atoms with Crippen molar-refractivity contribution in [3.8, 4) is 0 Å². The SMILES string of the molecule is CC.Cc1ccc2c(c1)[nH]c(=O)n2C1CCN(C2(C)CCN(C(=O)OC(C)(C)C)C2)CC1. The van der Waals surface area contributed by atoms with Gasteiger partial charge in [0.1, 0.15) is 5.60 Å². The molecule has 0 spiro atoms. The molecular weight excluding hydrogens is 404 g/mol. The topological polar surface area (TPSA) is 70.6 Å². The average Bonchev–Trinajstić information content (AvgIpc) is 3.28. The van der Waals surface area contributed by atoms with E-state index in [1.807, 2.05) is 63.1 Å². The van der Waals surface area contributed by atoms with Gasteiger partial charge in [0.05, 0.1) is 11.0 Å². The molecular formula is C25H40N4O3. The molecule has 0 bridgehead atoms. The van der Waals surface area contributed by atoms with E-state index in [4.69, 9.17) is 4.74 Å². The van der Waals surface area contributed by atoms with Crippen LogP contribution in [0.15, 0.2) is 23.0 Å². The van der Waals surface area contributed by atoms with Crippen molar-refractivity contribution in [2.45, 2.75) is 84.9 Å².